The Morgan fingerprint density at radius 3 is 2.18 bits per heavy atom. The first-order valence-electron chi connectivity index (χ1n) is 10.5. The van der Waals surface area contributed by atoms with Gasteiger partial charge in [0.2, 0.25) is 0 Å². The summed E-state index contributed by atoms with van der Waals surface area (Å²) < 4.78 is 40.6. The van der Waals surface area contributed by atoms with E-state index < -0.39 is 26.8 Å². The van der Waals surface area contributed by atoms with Gasteiger partial charge >= 0.3 is 0 Å². The molecule has 1 atom stereocenters. The van der Waals surface area contributed by atoms with Crippen LogP contribution in [-0.4, -0.2) is 24.6 Å². The third kappa shape index (κ3) is 4.54. The fourth-order valence-electron chi connectivity index (χ4n) is 3.44. The summed E-state index contributed by atoms with van der Waals surface area (Å²) in [6.45, 7) is 5.50. The summed E-state index contributed by atoms with van der Waals surface area (Å²) in [6.07, 6.45) is 0. The van der Waals surface area contributed by atoms with Crippen molar-refractivity contribution in [2.24, 2.45) is 0 Å². The molecule has 1 unspecified atom stereocenters. The van der Waals surface area contributed by atoms with Crippen molar-refractivity contribution in [1.29, 1.82) is 0 Å². The Kier molecular flexibility index (Phi) is 6.32. The zero-order valence-corrected chi connectivity index (χ0v) is 20.0. The van der Waals surface area contributed by atoms with Crippen LogP contribution in [0.5, 0.6) is 0 Å². The van der Waals surface area contributed by atoms with Gasteiger partial charge in [0, 0.05) is 0 Å². The first-order valence-corrected chi connectivity index (χ1v) is 12.8. The number of amides is 1. The quantitative estimate of drug-likeness (QED) is 0.312. The van der Waals surface area contributed by atoms with E-state index >= 15 is 0 Å². The summed E-state index contributed by atoms with van der Waals surface area (Å²) >= 11 is 1.31. The average molecular weight is 483 g/mol. The molecule has 3 aromatic carbocycles. The van der Waals surface area contributed by atoms with Crippen LogP contribution < -0.4 is 4.90 Å². The van der Waals surface area contributed by atoms with Crippen LogP contribution in [-0.2, 0) is 14.6 Å². The van der Waals surface area contributed by atoms with E-state index in [0.717, 1.165) is 27.9 Å². The molecule has 0 fully saturated rings. The largest absolute Gasteiger partial charge is 0.273 e. The molecular weight excluding hydrogens is 459 g/mol. The number of fused-ring (bicyclic) bond motifs is 1. The van der Waals surface area contributed by atoms with Gasteiger partial charge in [0.25, 0.3) is 5.91 Å². The number of hydrogen-bond donors (Lipinski definition) is 0. The third-order valence-corrected chi connectivity index (χ3v) is 8.55. The maximum atomic E-state index is 13.7. The second kappa shape index (κ2) is 9.03. The molecule has 0 aliphatic rings. The van der Waals surface area contributed by atoms with E-state index in [9.17, 15) is 17.6 Å². The zero-order valence-electron chi connectivity index (χ0n) is 18.4. The SMILES string of the molecule is CC(C)c1ccc(N(C(=O)C(C)S(=O)(=O)c2ccc(F)cc2)c2nc3ccccc3s2)cc1. The number of benzene rings is 3. The highest BCUT2D eigenvalue weighted by Crippen LogP contribution is 2.35. The molecule has 4 rings (SSSR count). The van der Waals surface area contributed by atoms with Gasteiger partial charge in [0.1, 0.15) is 11.1 Å². The minimum atomic E-state index is -4.05. The number of rotatable bonds is 6. The van der Waals surface area contributed by atoms with Gasteiger partial charge in [-0.1, -0.05) is 49.4 Å². The van der Waals surface area contributed by atoms with Crippen molar-refractivity contribution >= 4 is 48.1 Å². The van der Waals surface area contributed by atoms with E-state index in [1.54, 1.807) is 12.1 Å². The Hall–Kier alpha value is -3.10. The molecule has 1 aromatic heterocycles. The Morgan fingerprint density at radius 1 is 0.939 bits per heavy atom. The monoisotopic (exact) mass is 482 g/mol. The second-order valence-corrected chi connectivity index (χ2v) is 11.3. The number of thiazole rings is 1. The summed E-state index contributed by atoms with van der Waals surface area (Å²) in [4.78, 5) is 19.5. The maximum Gasteiger partial charge on any atom is 0.251 e. The normalized spacial score (nSPS) is 12.8. The maximum absolute atomic E-state index is 13.7. The summed E-state index contributed by atoms with van der Waals surface area (Å²) in [5.74, 6) is -0.867. The highest BCUT2D eigenvalue weighted by molar-refractivity contribution is 7.92. The first kappa shape index (κ1) is 23.1. The van der Waals surface area contributed by atoms with Crippen LogP contribution in [0, 0.1) is 5.82 Å². The molecular formula is C25H23FN2O3S2. The van der Waals surface area contributed by atoms with Gasteiger partial charge in [-0.15, -0.1) is 0 Å². The Morgan fingerprint density at radius 2 is 1.58 bits per heavy atom. The number of nitrogens with zero attached hydrogens (tertiary/aromatic N) is 2. The lowest BCUT2D eigenvalue weighted by atomic mass is 10.0. The molecule has 1 heterocycles. The molecule has 5 nitrogen and oxygen atoms in total. The highest BCUT2D eigenvalue weighted by Gasteiger charge is 2.35. The van der Waals surface area contributed by atoms with Gasteiger partial charge in [0.15, 0.2) is 15.0 Å². The topological polar surface area (TPSA) is 67.3 Å². The summed E-state index contributed by atoms with van der Waals surface area (Å²) in [5, 5.41) is -1.01. The fourth-order valence-corrected chi connectivity index (χ4v) is 5.73. The summed E-state index contributed by atoms with van der Waals surface area (Å²) in [7, 11) is -4.05. The lowest BCUT2D eigenvalue weighted by molar-refractivity contribution is -0.117. The van der Waals surface area contributed by atoms with Gasteiger partial charge in [-0.25, -0.2) is 17.8 Å². The predicted molar refractivity (Wildman–Crippen MR) is 130 cm³/mol. The Bertz CT molecular complexity index is 1360. The zero-order chi connectivity index (χ0) is 23.8. The van der Waals surface area contributed by atoms with Crippen LogP contribution >= 0.6 is 11.3 Å². The van der Waals surface area contributed by atoms with Crippen LogP contribution in [0.15, 0.2) is 77.7 Å². The van der Waals surface area contributed by atoms with Gasteiger partial charge in [-0.2, -0.15) is 0 Å². The average Bonchev–Trinajstić information content (AvgIpc) is 3.22. The number of halogens is 1. The number of para-hydroxylation sites is 1. The number of carbonyl (C=O) groups is 1. The van der Waals surface area contributed by atoms with Gasteiger partial charge in [0.05, 0.1) is 20.8 Å². The molecule has 0 spiro atoms. The van der Waals surface area contributed by atoms with Crippen molar-refractivity contribution in [3.63, 3.8) is 0 Å². The van der Waals surface area contributed by atoms with E-state index in [1.807, 2.05) is 36.4 Å². The molecule has 0 saturated heterocycles. The first-order chi connectivity index (χ1) is 15.7. The van der Waals surface area contributed by atoms with Gasteiger partial charge < -0.3 is 0 Å². The summed E-state index contributed by atoms with van der Waals surface area (Å²) in [5.41, 5.74) is 2.36. The molecule has 33 heavy (non-hydrogen) atoms. The predicted octanol–water partition coefficient (Wildman–Crippen LogP) is 6.09. The second-order valence-electron chi connectivity index (χ2n) is 8.03. The van der Waals surface area contributed by atoms with E-state index in [2.05, 4.69) is 18.8 Å². The number of sulfone groups is 1. The fraction of sp³-hybridized carbons (Fsp3) is 0.200. The number of aromatic nitrogens is 1. The van der Waals surface area contributed by atoms with Crippen molar-refractivity contribution in [2.45, 2.75) is 36.8 Å². The Balaban J connectivity index is 1.79. The highest BCUT2D eigenvalue weighted by atomic mass is 32.2. The van der Waals surface area contributed by atoms with Crippen LogP contribution in [0.4, 0.5) is 15.2 Å². The molecule has 0 N–H and O–H groups in total. The van der Waals surface area contributed by atoms with Crippen molar-refractivity contribution in [3.05, 3.63) is 84.2 Å². The molecule has 4 aromatic rings. The van der Waals surface area contributed by atoms with Crippen LogP contribution in [0.25, 0.3) is 10.2 Å². The van der Waals surface area contributed by atoms with Crippen molar-refractivity contribution in [3.8, 4) is 0 Å². The number of anilines is 2. The molecule has 0 aliphatic heterocycles. The minimum absolute atomic E-state index is 0.107. The van der Waals surface area contributed by atoms with Gasteiger partial charge in [-0.3, -0.25) is 9.69 Å². The lowest BCUT2D eigenvalue weighted by Crippen LogP contribution is -2.39. The molecule has 0 aliphatic carbocycles. The van der Waals surface area contributed by atoms with Crippen LogP contribution in [0.1, 0.15) is 32.3 Å². The van der Waals surface area contributed by atoms with Crippen molar-refractivity contribution < 1.29 is 17.6 Å². The molecule has 0 bridgehead atoms. The van der Waals surface area contributed by atoms with Crippen LogP contribution in [0.2, 0.25) is 0 Å². The van der Waals surface area contributed by atoms with E-state index in [0.29, 0.717) is 16.7 Å². The van der Waals surface area contributed by atoms with E-state index in [4.69, 9.17) is 0 Å². The van der Waals surface area contributed by atoms with Crippen LogP contribution in [0.3, 0.4) is 0 Å². The lowest BCUT2D eigenvalue weighted by Gasteiger charge is -2.24. The molecule has 8 heteroatoms. The van der Waals surface area contributed by atoms with Crippen molar-refractivity contribution in [2.75, 3.05) is 4.90 Å². The van der Waals surface area contributed by atoms with E-state index in [-0.39, 0.29) is 4.90 Å². The smallest absolute Gasteiger partial charge is 0.251 e. The standard InChI is InChI=1S/C25H23FN2O3S2/c1-16(2)18-8-12-20(13-9-18)28(25-27-22-6-4-5-7-23(22)32-25)24(29)17(3)33(30,31)21-14-10-19(26)11-15-21/h4-17H,1-3H3. The minimum Gasteiger partial charge on any atom is -0.273 e. The number of carbonyl (C=O) groups excluding carboxylic acids is 1. The molecule has 0 saturated carbocycles. The number of hydrogen-bond acceptors (Lipinski definition) is 5. The molecule has 170 valence electrons. The molecule has 1 amide bonds. The van der Waals surface area contributed by atoms with E-state index in [1.165, 1.54) is 35.3 Å². The van der Waals surface area contributed by atoms with Gasteiger partial charge in [-0.05, 0) is 66.9 Å². The summed E-state index contributed by atoms with van der Waals surface area (Å²) in [6, 6.07) is 19.4. The third-order valence-electron chi connectivity index (χ3n) is 5.47. The van der Waals surface area contributed by atoms with Crippen molar-refractivity contribution in [1.82, 2.24) is 4.98 Å². The molecule has 0 radical (unpaired) electrons. The Labute approximate surface area is 196 Å².